The minimum absolute atomic E-state index is 0.620. The first-order valence-corrected chi connectivity index (χ1v) is 3.86. The molecule has 0 N–H and O–H groups in total. The van der Waals surface area contributed by atoms with Gasteiger partial charge in [0.2, 0.25) is 0 Å². The lowest BCUT2D eigenvalue weighted by molar-refractivity contribution is 0.562. The van der Waals surface area contributed by atoms with Crippen molar-refractivity contribution < 1.29 is 0 Å². The molecule has 0 aromatic carbocycles. The molecule has 1 atom stereocenters. The van der Waals surface area contributed by atoms with Gasteiger partial charge in [-0.2, -0.15) is 12.6 Å². The minimum atomic E-state index is 0.620. The van der Waals surface area contributed by atoms with E-state index in [2.05, 4.69) is 33.4 Å². The fraction of sp³-hybridized carbons (Fsp3) is 1.00. The van der Waals surface area contributed by atoms with Crippen LogP contribution in [0.2, 0.25) is 0 Å². The maximum absolute atomic E-state index is 4.37. The summed E-state index contributed by atoms with van der Waals surface area (Å²) in [6.45, 7) is 6.65. The molecule has 8 heavy (non-hydrogen) atoms. The van der Waals surface area contributed by atoms with Crippen molar-refractivity contribution >= 4 is 12.6 Å². The molecule has 0 radical (unpaired) electrons. The summed E-state index contributed by atoms with van der Waals surface area (Å²) in [7, 11) is 0. The van der Waals surface area contributed by atoms with Crippen molar-refractivity contribution in [1.82, 2.24) is 0 Å². The van der Waals surface area contributed by atoms with Gasteiger partial charge in [0.05, 0.1) is 0 Å². The Labute approximate surface area is 58.1 Å². The summed E-state index contributed by atoms with van der Waals surface area (Å²) in [4.78, 5) is 0. The first-order valence-electron chi connectivity index (χ1n) is 3.34. The van der Waals surface area contributed by atoms with Crippen molar-refractivity contribution in [2.45, 2.75) is 38.9 Å². The second-order valence-corrected chi connectivity index (χ2v) is 3.42. The fourth-order valence-corrected chi connectivity index (χ4v) is 1.13. The molecule has 0 bridgehead atoms. The molecule has 0 nitrogen and oxygen atoms in total. The van der Waals surface area contributed by atoms with Gasteiger partial charge in [0.15, 0.2) is 0 Å². The predicted octanol–water partition coefficient (Wildman–Crippen LogP) is 2.74. The van der Waals surface area contributed by atoms with Crippen LogP contribution in [-0.2, 0) is 0 Å². The molecule has 0 heterocycles. The Morgan fingerprint density at radius 1 is 1.38 bits per heavy atom. The van der Waals surface area contributed by atoms with Crippen molar-refractivity contribution in [3.05, 3.63) is 0 Å². The van der Waals surface area contributed by atoms with E-state index in [9.17, 15) is 0 Å². The van der Waals surface area contributed by atoms with E-state index in [0.717, 1.165) is 5.92 Å². The lowest BCUT2D eigenvalue weighted by atomic mass is 10.1. The predicted molar refractivity (Wildman–Crippen MR) is 42.5 cm³/mol. The molecular formula is C7H16S. The Kier molecular flexibility index (Phi) is 4.44. The summed E-state index contributed by atoms with van der Waals surface area (Å²) in [6, 6.07) is 0. The maximum Gasteiger partial charge on any atom is 0.00166 e. The quantitative estimate of drug-likeness (QED) is 0.561. The molecule has 50 valence electrons. The third-order valence-electron chi connectivity index (χ3n) is 1.21. The van der Waals surface area contributed by atoms with E-state index in [0.29, 0.717) is 5.25 Å². The number of hydrogen-bond donors (Lipinski definition) is 1. The van der Waals surface area contributed by atoms with E-state index in [4.69, 9.17) is 0 Å². The number of thiol groups is 1. The Balaban J connectivity index is 3.10. The van der Waals surface area contributed by atoms with Crippen LogP contribution in [0.3, 0.4) is 0 Å². The summed E-state index contributed by atoms with van der Waals surface area (Å²) in [5.41, 5.74) is 0. The minimum Gasteiger partial charge on any atom is -0.176 e. The van der Waals surface area contributed by atoms with Gasteiger partial charge in [-0.1, -0.05) is 20.8 Å². The summed E-state index contributed by atoms with van der Waals surface area (Å²) in [5, 5.41) is 0.620. The molecule has 0 fully saturated rings. The molecule has 0 unspecified atom stereocenters. The van der Waals surface area contributed by atoms with Crippen LogP contribution in [0.4, 0.5) is 0 Å². The van der Waals surface area contributed by atoms with Gasteiger partial charge < -0.3 is 0 Å². The van der Waals surface area contributed by atoms with Crippen molar-refractivity contribution in [3.8, 4) is 0 Å². The summed E-state index contributed by atoms with van der Waals surface area (Å²) >= 11 is 4.37. The fourth-order valence-electron chi connectivity index (χ4n) is 0.711. The maximum atomic E-state index is 4.37. The zero-order valence-electron chi connectivity index (χ0n) is 6.02. The molecule has 1 heteroatoms. The van der Waals surface area contributed by atoms with E-state index in [1.54, 1.807) is 0 Å². The molecular weight excluding hydrogens is 116 g/mol. The van der Waals surface area contributed by atoms with Crippen molar-refractivity contribution in [3.63, 3.8) is 0 Å². The van der Waals surface area contributed by atoms with E-state index in [1.165, 1.54) is 12.8 Å². The highest BCUT2D eigenvalue weighted by Gasteiger charge is 2.00. The van der Waals surface area contributed by atoms with Gasteiger partial charge in [-0.05, 0) is 18.8 Å². The average molecular weight is 132 g/mol. The molecule has 0 saturated carbocycles. The van der Waals surface area contributed by atoms with E-state index >= 15 is 0 Å². The third-order valence-corrected chi connectivity index (χ3v) is 1.79. The van der Waals surface area contributed by atoms with Crippen LogP contribution in [0, 0.1) is 5.92 Å². The summed E-state index contributed by atoms with van der Waals surface area (Å²) < 4.78 is 0. The van der Waals surface area contributed by atoms with Crippen molar-refractivity contribution in [2.24, 2.45) is 5.92 Å². The summed E-state index contributed by atoms with van der Waals surface area (Å²) in [5.74, 6) is 0.803. The highest BCUT2D eigenvalue weighted by molar-refractivity contribution is 7.80. The SMILES string of the molecule is CC[C@H](S)CC(C)C. The first-order chi connectivity index (χ1) is 3.66. The second-order valence-electron chi connectivity index (χ2n) is 2.69. The van der Waals surface area contributed by atoms with Gasteiger partial charge in [0.25, 0.3) is 0 Å². The van der Waals surface area contributed by atoms with Crippen LogP contribution in [0.5, 0.6) is 0 Å². The monoisotopic (exact) mass is 132 g/mol. The second kappa shape index (κ2) is 4.25. The normalized spacial score (nSPS) is 14.6. The van der Waals surface area contributed by atoms with Gasteiger partial charge in [0.1, 0.15) is 0 Å². The molecule has 0 aliphatic carbocycles. The highest BCUT2D eigenvalue weighted by Crippen LogP contribution is 2.12. The molecule has 0 aromatic heterocycles. The molecule has 0 spiro atoms. The van der Waals surface area contributed by atoms with Crippen molar-refractivity contribution in [2.75, 3.05) is 0 Å². The molecule has 0 aliphatic heterocycles. The van der Waals surface area contributed by atoms with Gasteiger partial charge in [-0.3, -0.25) is 0 Å². The first kappa shape index (κ1) is 8.35. The summed E-state index contributed by atoms with van der Waals surface area (Å²) in [6.07, 6.45) is 2.45. The molecule has 0 amide bonds. The standard InChI is InChI=1S/C7H16S/c1-4-7(8)5-6(2)3/h6-8H,4-5H2,1-3H3/t7-/m0/s1. The lowest BCUT2D eigenvalue weighted by Crippen LogP contribution is -2.00. The lowest BCUT2D eigenvalue weighted by Gasteiger charge is -2.08. The average Bonchev–Trinajstić information content (AvgIpc) is 1.65. The number of rotatable bonds is 3. The van der Waals surface area contributed by atoms with Gasteiger partial charge >= 0.3 is 0 Å². The molecule has 0 aromatic rings. The third kappa shape index (κ3) is 4.51. The van der Waals surface area contributed by atoms with Gasteiger partial charge in [-0.25, -0.2) is 0 Å². The zero-order chi connectivity index (χ0) is 6.57. The number of hydrogen-bond acceptors (Lipinski definition) is 1. The van der Waals surface area contributed by atoms with Gasteiger partial charge in [0, 0.05) is 5.25 Å². The van der Waals surface area contributed by atoms with E-state index in [-0.39, 0.29) is 0 Å². The Morgan fingerprint density at radius 2 is 1.88 bits per heavy atom. The van der Waals surface area contributed by atoms with Crippen molar-refractivity contribution in [1.29, 1.82) is 0 Å². The van der Waals surface area contributed by atoms with E-state index < -0.39 is 0 Å². The smallest absolute Gasteiger partial charge is 0.00166 e. The largest absolute Gasteiger partial charge is 0.176 e. The Morgan fingerprint density at radius 3 is 2.00 bits per heavy atom. The van der Waals surface area contributed by atoms with Crippen LogP contribution in [-0.4, -0.2) is 5.25 Å². The van der Waals surface area contributed by atoms with Crippen LogP contribution in [0.15, 0.2) is 0 Å². The van der Waals surface area contributed by atoms with Crippen LogP contribution in [0.1, 0.15) is 33.6 Å². The van der Waals surface area contributed by atoms with Crippen LogP contribution in [0.25, 0.3) is 0 Å². The molecule has 0 rings (SSSR count). The molecule has 0 aliphatic rings. The van der Waals surface area contributed by atoms with Crippen LogP contribution >= 0.6 is 12.6 Å². The molecule has 0 saturated heterocycles. The Hall–Kier alpha value is 0.350. The van der Waals surface area contributed by atoms with E-state index in [1.807, 2.05) is 0 Å². The Bertz CT molecular complexity index is 50.3. The highest BCUT2D eigenvalue weighted by atomic mass is 32.1. The topological polar surface area (TPSA) is 0 Å². The van der Waals surface area contributed by atoms with Crippen LogP contribution < -0.4 is 0 Å². The van der Waals surface area contributed by atoms with Gasteiger partial charge in [-0.15, -0.1) is 0 Å². The zero-order valence-corrected chi connectivity index (χ0v) is 6.91.